The predicted molar refractivity (Wildman–Crippen MR) is 85.6 cm³/mol. The zero-order valence-corrected chi connectivity index (χ0v) is 12.9. The fourth-order valence-corrected chi connectivity index (χ4v) is 2.91. The molecule has 6 nitrogen and oxygen atoms in total. The van der Waals surface area contributed by atoms with Crippen LogP contribution in [0.5, 0.6) is 5.75 Å². The minimum Gasteiger partial charge on any atom is -0.477 e. The third-order valence-electron chi connectivity index (χ3n) is 3.95. The molecule has 0 bridgehead atoms. The molecule has 1 atom stereocenters. The highest BCUT2D eigenvalue weighted by Crippen LogP contribution is 2.32. The molecule has 0 N–H and O–H groups in total. The standard InChI is InChI=1S/C17H15FN2O4/c1-11-8-12-4-2-3-5-14(12)19(11)17(21)10-24-16-9-13(18)6-7-15(16)20(22)23/h2-7,9,11H,8,10H2,1H3/t11-/m1/s1. The number of fused-ring (bicyclic) bond motifs is 1. The smallest absolute Gasteiger partial charge is 0.311 e. The lowest BCUT2D eigenvalue weighted by Crippen LogP contribution is -2.39. The van der Waals surface area contributed by atoms with E-state index in [1.54, 1.807) is 4.90 Å². The van der Waals surface area contributed by atoms with Crippen LogP contribution in [0.25, 0.3) is 0 Å². The van der Waals surface area contributed by atoms with E-state index in [2.05, 4.69) is 0 Å². The van der Waals surface area contributed by atoms with Crippen LogP contribution in [-0.2, 0) is 11.2 Å². The molecule has 0 spiro atoms. The second kappa shape index (κ2) is 6.27. The predicted octanol–water partition coefficient (Wildman–Crippen LogP) is 3.09. The number of ether oxygens (including phenoxy) is 1. The van der Waals surface area contributed by atoms with Gasteiger partial charge in [-0.15, -0.1) is 0 Å². The number of hydrogen-bond donors (Lipinski definition) is 0. The number of amides is 1. The molecular formula is C17H15FN2O4. The van der Waals surface area contributed by atoms with Crippen molar-refractivity contribution in [2.45, 2.75) is 19.4 Å². The van der Waals surface area contributed by atoms with Crippen LogP contribution < -0.4 is 9.64 Å². The van der Waals surface area contributed by atoms with E-state index in [1.807, 2.05) is 31.2 Å². The first kappa shape index (κ1) is 15.9. The van der Waals surface area contributed by atoms with Crippen LogP contribution in [0.1, 0.15) is 12.5 Å². The van der Waals surface area contributed by atoms with E-state index in [9.17, 15) is 19.3 Å². The number of benzene rings is 2. The molecule has 0 saturated heterocycles. The van der Waals surface area contributed by atoms with Gasteiger partial charge in [0.15, 0.2) is 6.61 Å². The zero-order chi connectivity index (χ0) is 17.3. The first-order valence-electron chi connectivity index (χ1n) is 7.44. The van der Waals surface area contributed by atoms with Crippen molar-refractivity contribution >= 4 is 17.3 Å². The molecule has 0 fully saturated rings. The van der Waals surface area contributed by atoms with E-state index < -0.39 is 17.3 Å². The summed E-state index contributed by atoms with van der Waals surface area (Å²) >= 11 is 0. The molecule has 1 aliphatic rings. The molecule has 0 aliphatic carbocycles. The van der Waals surface area contributed by atoms with Gasteiger partial charge in [0.05, 0.1) is 4.92 Å². The van der Waals surface area contributed by atoms with Crippen LogP contribution in [0.15, 0.2) is 42.5 Å². The zero-order valence-electron chi connectivity index (χ0n) is 12.9. The summed E-state index contributed by atoms with van der Waals surface area (Å²) in [6.45, 7) is 1.52. The number of nitro benzene ring substituents is 1. The maximum Gasteiger partial charge on any atom is 0.311 e. The molecule has 3 rings (SSSR count). The summed E-state index contributed by atoms with van der Waals surface area (Å²) in [7, 11) is 0. The fourth-order valence-electron chi connectivity index (χ4n) is 2.91. The summed E-state index contributed by atoms with van der Waals surface area (Å²) in [5.74, 6) is -1.25. The topological polar surface area (TPSA) is 72.7 Å². The second-order valence-corrected chi connectivity index (χ2v) is 5.60. The Morgan fingerprint density at radius 1 is 1.38 bits per heavy atom. The Balaban J connectivity index is 1.77. The molecule has 2 aromatic carbocycles. The Morgan fingerprint density at radius 3 is 2.88 bits per heavy atom. The lowest BCUT2D eigenvalue weighted by atomic mass is 10.1. The van der Waals surface area contributed by atoms with Crippen LogP contribution in [0, 0.1) is 15.9 Å². The van der Waals surface area contributed by atoms with E-state index in [-0.39, 0.29) is 23.4 Å². The highest BCUT2D eigenvalue weighted by molar-refractivity contribution is 5.97. The van der Waals surface area contributed by atoms with Gasteiger partial charge in [-0.05, 0) is 31.0 Å². The van der Waals surface area contributed by atoms with Crippen molar-refractivity contribution in [3.63, 3.8) is 0 Å². The van der Waals surface area contributed by atoms with Gasteiger partial charge in [-0.1, -0.05) is 18.2 Å². The lowest BCUT2D eigenvalue weighted by Gasteiger charge is -2.22. The van der Waals surface area contributed by atoms with Crippen LogP contribution in [0.2, 0.25) is 0 Å². The van der Waals surface area contributed by atoms with Gasteiger partial charge in [0, 0.05) is 23.9 Å². The van der Waals surface area contributed by atoms with Gasteiger partial charge in [-0.25, -0.2) is 4.39 Å². The summed E-state index contributed by atoms with van der Waals surface area (Å²) < 4.78 is 18.5. The Bertz CT molecular complexity index is 809. The molecule has 24 heavy (non-hydrogen) atoms. The van der Waals surface area contributed by atoms with E-state index in [4.69, 9.17) is 4.74 Å². The number of nitrogens with zero attached hydrogens (tertiary/aromatic N) is 2. The van der Waals surface area contributed by atoms with Crippen molar-refractivity contribution in [2.75, 3.05) is 11.5 Å². The molecule has 0 aromatic heterocycles. The fraction of sp³-hybridized carbons (Fsp3) is 0.235. The summed E-state index contributed by atoms with van der Waals surface area (Å²) in [5, 5.41) is 11.0. The number of anilines is 1. The quantitative estimate of drug-likeness (QED) is 0.638. The van der Waals surface area contributed by atoms with Gasteiger partial charge >= 0.3 is 5.69 Å². The van der Waals surface area contributed by atoms with E-state index in [0.717, 1.165) is 35.9 Å². The van der Waals surface area contributed by atoms with Gasteiger partial charge in [0.2, 0.25) is 5.75 Å². The van der Waals surface area contributed by atoms with Crippen molar-refractivity contribution in [3.05, 3.63) is 64.0 Å². The average Bonchev–Trinajstić information content (AvgIpc) is 2.88. The van der Waals surface area contributed by atoms with Gasteiger partial charge in [0.1, 0.15) is 5.82 Å². The van der Waals surface area contributed by atoms with Crippen LogP contribution >= 0.6 is 0 Å². The Kier molecular flexibility index (Phi) is 4.16. The van der Waals surface area contributed by atoms with Gasteiger partial charge < -0.3 is 9.64 Å². The normalized spacial score (nSPS) is 15.9. The monoisotopic (exact) mass is 330 g/mol. The average molecular weight is 330 g/mol. The maximum absolute atomic E-state index is 13.3. The molecule has 1 heterocycles. The Hall–Kier alpha value is -2.96. The number of nitro groups is 1. The van der Waals surface area contributed by atoms with Crippen LogP contribution in [0.3, 0.4) is 0 Å². The molecule has 2 aromatic rings. The summed E-state index contributed by atoms with van der Waals surface area (Å²) in [4.78, 5) is 24.4. The molecule has 0 radical (unpaired) electrons. The molecule has 124 valence electrons. The number of hydrogen-bond acceptors (Lipinski definition) is 4. The highest BCUT2D eigenvalue weighted by Gasteiger charge is 2.31. The maximum atomic E-state index is 13.3. The van der Waals surface area contributed by atoms with E-state index >= 15 is 0 Å². The number of para-hydroxylation sites is 1. The SMILES string of the molecule is C[C@@H]1Cc2ccccc2N1C(=O)COc1cc(F)ccc1[N+](=O)[O-]. The summed E-state index contributed by atoms with van der Waals surface area (Å²) in [5.41, 5.74) is 1.50. The van der Waals surface area contributed by atoms with Crippen molar-refractivity contribution in [1.82, 2.24) is 0 Å². The molecule has 1 aliphatic heterocycles. The molecule has 0 unspecified atom stereocenters. The molecule has 1 amide bonds. The van der Waals surface area contributed by atoms with Crippen molar-refractivity contribution < 1.29 is 18.8 Å². The third-order valence-corrected chi connectivity index (χ3v) is 3.95. The number of carbonyl (C=O) groups excluding carboxylic acids is 1. The van der Waals surface area contributed by atoms with E-state index in [1.165, 1.54) is 0 Å². The number of halogens is 1. The summed E-state index contributed by atoms with van der Waals surface area (Å²) in [6, 6.07) is 10.4. The van der Waals surface area contributed by atoms with Crippen molar-refractivity contribution in [3.8, 4) is 5.75 Å². The van der Waals surface area contributed by atoms with Crippen molar-refractivity contribution in [1.29, 1.82) is 0 Å². The molecular weight excluding hydrogens is 315 g/mol. The van der Waals surface area contributed by atoms with Crippen LogP contribution in [-0.4, -0.2) is 23.5 Å². The first-order valence-corrected chi connectivity index (χ1v) is 7.44. The highest BCUT2D eigenvalue weighted by atomic mass is 19.1. The number of carbonyl (C=O) groups is 1. The second-order valence-electron chi connectivity index (χ2n) is 5.60. The summed E-state index contributed by atoms with van der Waals surface area (Å²) in [6.07, 6.45) is 0.738. The van der Waals surface area contributed by atoms with Gasteiger partial charge in [-0.3, -0.25) is 14.9 Å². The van der Waals surface area contributed by atoms with Gasteiger partial charge in [-0.2, -0.15) is 0 Å². The number of rotatable bonds is 4. The Morgan fingerprint density at radius 2 is 2.12 bits per heavy atom. The van der Waals surface area contributed by atoms with E-state index in [0.29, 0.717) is 0 Å². The molecule has 0 saturated carbocycles. The Labute approximate surface area is 137 Å². The van der Waals surface area contributed by atoms with Crippen molar-refractivity contribution in [2.24, 2.45) is 0 Å². The largest absolute Gasteiger partial charge is 0.477 e. The van der Waals surface area contributed by atoms with Crippen LogP contribution in [0.4, 0.5) is 15.8 Å². The molecule has 7 heteroatoms. The van der Waals surface area contributed by atoms with Gasteiger partial charge in [0.25, 0.3) is 5.91 Å². The lowest BCUT2D eigenvalue weighted by molar-refractivity contribution is -0.385. The third kappa shape index (κ3) is 2.92. The minimum atomic E-state index is -0.674. The minimum absolute atomic E-state index is 0.0269. The first-order chi connectivity index (χ1) is 11.5.